The maximum Gasteiger partial charge on any atom is 0.270 e. The van der Waals surface area contributed by atoms with E-state index in [1.807, 2.05) is 25.1 Å². The van der Waals surface area contributed by atoms with E-state index in [2.05, 4.69) is 20.7 Å². The van der Waals surface area contributed by atoms with Crippen molar-refractivity contribution in [3.63, 3.8) is 0 Å². The number of hydrogen-bond donors (Lipinski definition) is 1. The number of amides is 1. The van der Waals surface area contributed by atoms with Gasteiger partial charge in [-0.25, -0.2) is 0 Å². The summed E-state index contributed by atoms with van der Waals surface area (Å²) in [5.41, 5.74) is 0. The summed E-state index contributed by atoms with van der Waals surface area (Å²) in [4.78, 5) is 13.0. The standard InChI is InChI=1S/C12H15N5O2/c1-2-8-17-15-12(14-16-17)13-11(18)9-19-10-6-4-3-5-7-10/h3-7H,2,8-9H2,1H3,(H,13,15,18). The van der Waals surface area contributed by atoms with Gasteiger partial charge in [0.15, 0.2) is 6.61 Å². The first-order valence-corrected chi connectivity index (χ1v) is 6.03. The molecular formula is C12H15N5O2. The number of aryl methyl sites for hydroxylation is 1. The fourth-order valence-electron chi connectivity index (χ4n) is 1.41. The fourth-order valence-corrected chi connectivity index (χ4v) is 1.41. The van der Waals surface area contributed by atoms with Crippen molar-refractivity contribution in [2.75, 3.05) is 11.9 Å². The molecule has 19 heavy (non-hydrogen) atoms. The van der Waals surface area contributed by atoms with Crippen molar-refractivity contribution in [2.24, 2.45) is 0 Å². The Kier molecular flexibility index (Phi) is 4.44. The molecule has 0 aliphatic heterocycles. The molecule has 7 nitrogen and oxygen atoms in total. The molecule has 2 aromatic rings. The number of hydrogen-bond acceptors (Lipinski definition) is 5. The predicted molar refractivity (Wildman–Crippen MR) is 68.7 cm³/mol. The molecule has 100 valence electrons. The molecule has 2 rings (SSSR count). The van der Waals surface area contributed by atoms with Crippen LogP contribution in [-0.4, -0.2) is 32.7 Å². The lowest BCUT2D eigenvalue weighted by atomic mass is 10.3. The van der Waals surface area contributed by atoms with Gasteiger partial charge in [0.25, 0.3) is 11.9 Å². The normalized spacial score (nSPS) is 10.2. The van der Waals surface area contributed by atoms with Gasteiger partial charge < -0.3 is 4.74 Å². The number of aromatic nitrogens is 4. The molecule has 0 saturated heterocycles. The maximum absolute atomic E-state index is 11.6. The van der Waals surface area contributed by atoms with Gasteiger partial charge in [-0.2, -0.15) is 4.80 Å². The van der Waals surface area contributed by atoms with E-state index in [9.17, 15) is 4.79 Å². The SMILES string of the molecule is CCCn1nnc(NC(=O)COc2ccccc2)n1. The third kappa shape index (κ3) is 4.06. The Morgan fingerprint density at radius 1 is 1.37 bits per heavy atom. The van der Waals surface area contributed by atoms with Crippen LogP contribution in [0.3, 0.4) is 0 Å². The number of nitrogens with zero attached hydrogens (tertiary/aromatic N) is 4. The van der Waals surface area contributed by atoms with E-state index < -0.39 is 0 Å². The highest BCUT2D eigenvalue weighted by Crippen LogP contribution is 2.07. The summed E-state index contributed by atoms with van der Waals surface area (Å²) < 4.78 is 5.30. The zero-order valence-corrected chi connectivity index (χ0v) is 10.6. The second-order valence-electron chi connectivity index (χ2n) is 3.86. The molecule has 1 N–H and O–H groups in total. The molecule has 1 heterocycles. The van der Waals surface area contributed by atoms with E-state index in [1.165, 1.54) is 4.80 Å². The average Bonchev–Trinajstić information content (AvgIpc) is 2.85. The number of carbonyl (C=O) groups excluding carboxylic acids is 1. The minimum absolute atomic E-state index is 0.0909. The molecular weight excluding hydrogens is 246 g/mol. The summed E-state index contributed by atoms with van der Waals surface area (Å²) in [6.45, 7) is 2.59. The summed E-state index contributed by atoms with van der Waals surface area (Å²) >= 11 is 0. The van der Waals surface area contributed by atoms with Gasteiger partial charge in [-0.15, -0.1) is 5.10 Å². The summed E-state index contributed by atoms with van der Waals surface area (Å²) in [5, 5.41) is 14.0. The Balaban J connectivity index is 1.80. The number of anilines is 1. The van der Waals surface area contributed by atoms with Crippen molar-refractivity contribution in [1.82, 2.24) is 20.2 Å². The van der Waals surface area contributed by atoms with Crippen LogP contribution < -0.4 is 10.1 Å². The van der Waals surface area contributed by atoms with Gasteiger partial charge in [0, 0.05) is 0 Å². The third-order valence-corrected chi connectivity index (χ3v) is 2.24. The van der Waals surface area contributed by atoms with Crippen LogP contribution in [0.25, 0.3) is 0 Å². The highest BCUT2D eigenvalue weighted by molar-refractivity contribution is 5.90. The smallest absolute Gasteiger partial charge is 0.270 e. The van der Waals surface area contributed by atoms with Gasteiger partial charge >= 0.3 is 0 Å². The highest BCUT2D eigenvalue weighted by Gasteiger charge is 2.08. The Morgan fingerprint density at radius 2 is 2.16 bits per heavy atom. The molecule has 1 aromatic carbocycles. The van der Waals surface area contributed by atoms with Crippen molar-refractivity contribution in [3.8, 4) is 5.75 Å². The number of rotatable bonds is 6. The molecule has 1 amide bonds. The largest absolute Gasteiger partial charge is 0.484 e. The molecule has 0 spiro atoms. The summed E-state index contributed by atoms with van der Waals surface area (Å²) in [7, 11) is 0. The Hall–Kier alpha value is -2.44. The molecule has 7 heteroatoms. The Labute approximate surface area is 110 Å². The number of para-hydroxylation sites is 1. The van der Waals surface area contributed by atoms with E-state index in [0.717, 1.165) is 6.42 Å². The number of nitrogens with one attached hydrogen (secondary N) is 1. The van der Waals surface area contributed by atoms with E-state index in [1.54, 1.807) is 12.1 Å². The fraction of sp³-hybridized carbons (Fsp3) is 0.333. The van der Waals surface area contributed by atoms with Crippen molar-refractivity contribution in [2.45, 2.75) is 19.9 Å². The maximum atomic E-state index is 11.6. The minimum atomic E-state index is -0.320. The highest BCUT2D eigenvalue weighted by atomic mass is 16.5. The van der Waals surface area contributed by atoms with Crippen LogP contribution >= 0.6 is 0 Å². The molecule has 0 aliphatic carbocycles. The van der Waals surface area contributed by atoms with Crippen LogP contribution in [0.2, 0.25) is 0 Å². The lowest BCUT2D eigenvalue weighted by molar-refractivity contribution is -0.118. The van der Waals surface area contributed by atoms with Crippen LogP contribution in [0.1, 0.15) is 13.3 Å². The van der Waals surface area contributed by atoms with Crippen LogP contribution in [0, 0.1) is 0 Å². The predicted octanol–water partition coefficient (Wildman–Crippen LogP) is 1.10. The monoisotopic (exact) mass is 261 g/mol. The van der Waals surface area contributed by atoms with Gasteiger partial charge in [0.2, 0.25) is 0 Å². The van der Waals surface area contributed by atoms with Crippen molar-refractivity contribution in [1.29, 1.82) is 0 Å². The van der Waals surface area contributed by atoms with Crippen LogP contribution in [0.5, 0.6) is 5.75 Å². The van der Waals surface area contributed by atoms with Crippen LogP contribution in [0.15, 0.2) is 30.3 Å². The number of carbonyl (C=O) groups is 1. The molecule has 1 aromatic heterocycles. The van der Waals surface area contributed by atoms with E-state index >= 15 is 0 Å². The second-order valence-corrected chi connectivity index (χ2v) is 3.86. The van der Waals surface area contributed by atoms with Gasteiger partial charge in [0.05, 0.1) is 6.54 Å². The van der Waals surface area contributed by atoms with Crippen LogP contribution in [0.4, 0.5) is 5.95 Å². The summed E-state index contributed by atoms with van der Waals surface area (Å²) in [6, 6.07) is 9.12. The van der Waals surface area contributed by atoms with Gasteiger partial charge in [-0.1, -0.05) is 30.2 Å². The lowest BCUT2D eigenvalue weighted by Crippen LogP contribution is -2.21. The molecule has 0 bridgehead atoms. The Morgan fingerprint density at radius 3 is 2.89 bits per heavy atom. The summed E-state index contributed by atoms with van der Waals surface area (Å²) in [6.07, 6.45) is 0.904. The van der Waals surface area contributed by atoms with E-state index in [4.69, 9.17) is 4.74 Å². The minimum Gasteiger partial charge on any atom is -0.484 e. The zero-order valence-electron chi connectivity index (χ0n) is 10.6. The average molecular weight is 261 g/mol. The number of ether oxygens (including phenoxy) is 1. The lowest BCUT2D eigenvalue weighted by Gasteiger charge is -2.04. The Bertz CT molecular complexity index is 526. The molecule has 0 radical (unpaired) electrons. The molecule has 0 unspecified atom stereocenters. The first kappa shape index (κ1) is 13.0. The first-order valence-electron chi connectivity index (χ1n) is 6.03. The van der Waals surface area contributed by atoms with Crippen molar-refractivity contribution in [3.05, 3.63) is 30.3 Å². The topological polar surface area (TPSA) is 81.9 Å². The van der Waals surface area contributed by atoms with Crippen LogP contribution in [-0.2, 0) is 11.3 Å². The van der Waals surface area contributed by atoms with E-state index in [0.29, 0.717) is 12.3 Å². The van der Waals surface area contributed by atoms with Gasteiger partial charge in [-0.05, 0) is 23.8 Å². The molecule has 0 aliphatic rings. The summed E-state index contributed by atoms with van der Waals surface area (Å²) in [5.74, 6) is 0.509. The first-order chi connectivity index (χ1) is 9.28. The van der Waals surface area contributed by atoms with E-state index in [-0.39, 0.29) is 18.5 Å². The molecule has 0 saturated carbocycles. The number of benzene rings is 1. The van der Waals surface area contributed by atoms with Crippen molar-refractivity contribution >= 4 is 11.9 Å². The van der Waals surface area contributed by atoms with Gasteiger partial charge in [-0.3, -0.25) is 10.1 Å². The van der Waals surface area contributed by atoms with Gasteiger partial charge in [0.1, 0.15) is 5.75 Å². The zero-order chi connectivity index (χ0) is 13.5. The second kappa shape index (κ2) is 6.48. The third-order valence-electron chi connectivity index (χ3n) is 2.24. The molecule has 0 atom stereocenters. The number of tetrazole rings is 1. The van der Waals surface area contributed by atoms with Crippen molar-refractivity contribution < 1.29 is 9.53 Å². The molecule has 0 fully saturated rings. The quantitative estimate of drug-likeness (QED) is 0.842.